The second-order valence-electron chi connectivity index (χ2n) is 6.26. The first kappa shape index (κ1) is 15.6. The molecule has 1 fully saturated rings. The minimum absolute atomic E-state index is 0.0477. The van der Waals surface area contributed by atoms with Crippen molar-refractivity contribution in [3.05, 3.63) is 60.2 Å². The van der Waals surface area contributed by atoms with Crippen molar-refractivity contribution in [2.45, 2.75) is 25.8 Å². The molecule has 0 aliphatic carbocycles. The van der Waals surface area contributed by atoms with E-state index in [-0.39, 0.29) is 11.9 Å². The molecule has 4 rings (SSSR count). The fraction of sp³-hybridized carbons (Fsp3) is 0.333. The summed E-state index contributed by atoms with van der Waals surface area (Å²) < 4.78 is 1.81. The van der Waals surface area contributed by atoms with Crippen molar-refractivity contribution in [2.24, 2.45) is 0 Å². The van der Waals surface area contributed by atoms with Crippen LogP contribution < -0.4 is 0 Å². The molecule has 0 bridgehead atoms. The van der Waals surface area contributed by atoms with E-state index in [1.54, 1.807) is 23.4 Å². The van der Waals surface area contributed by atoms with Crippen LogP contribution in [0.25, 0.3) is 5.69 Å². The Labute approximate surface area is 145 Å². The number of amides is 1. The van der Waals surface area contributed by atoms with Gasteiger partial charge in [0.25, 0.3) is 5.91 Å². The molecule has 1 aliphatic rings. The Morgan fingerprint density at radius 2 is 1.72 bits per heavy atom. The van der Waals surface area contributed by atoms with Gasteiger partial charge in [-0.25, -0.2) is 4.68 Å². The Kier molecular flexibility index (Phi) is 4.05. The van der Waals surface area contributed by atoms with Crippen LogP contribution >= 0.6 is 0 Å². The molecule has 1 saturated heterocycles. The second kappa shape index (κ2) is 6.51. The van der Waals surface area contributed by atoms with Gasteiger partial charge in [0.2, 0.25) is 0 Å². The number of hydrogen-bond donors (Lipinski definition) is 0. The topological polar surface area (TPSA) is 68.8 Å². The third-order valence-electron chi connectivity index (χ3n) is 4.76. The second-order valence-corrected chi connectivity index (χ2v) is 6.26. The molecule has 1 aliphatic heterocycles. The van der Waals surface area contributed by atoms with Crippen LogP contribution in [0, 0.1) is 6.92 Å². The number of nitrogens with zero attached hydrogens (tertiary/aromatic N) is 6. The highest BCUT2D eigenvalue weighted by Gasteiger charge is 2.27. The van der Waals surface area contributed by atoms with Gasteiger partial charge in [-0.05, 0) is 31.9 Å². The SMILES string of the molecule is Cc1c(C(=O)N2CCC(n3nccn3)CC2)cnn1-c1ccccc1. The Morgan fingerprint density at radius 3 is 2.40 bits per heavy atom. The predicted molar refractivity (Wildman–Crippen MR) is 92.5 cm³/mol. The van der Waals surface area contributed by atoms with Crippen molar-refractivity contribution in [1.29, 1.82) is 0 Å². The average Bonchev–Trinajstić information content (AvgIpc) is 3.32. The Morgan fingerprint density at radius 1 is 1.04 bits per heavy atom. The van der Waals surface area contributed by atoms with Gasteiger partial charge in [-0.1, -0.05) is 18.2 Å². The molecule has 3 aromatic rings. The van der Waals surface area contributed by atoms with Crippen LogP contribution in [0.5, 0.6) is 0 Å². The Balaban J connectivity index is 1.48. The first-order valence-electron chi connectivity index (χ1n) is 8.49. The zero-order chi connectivity index (χ0) is 17.2. The molecule has 0 spiro atoms. The molecule has 0 saturated carbocycles. The van der Waals surface area contributed by atoms with E-state index in [0.717, 1.165) is 24.2 Å². The van der Waals surface area contributed by atoms with Crippen molar-refractivity contribution >= 4 is 5.91 Å². The van der Waals surface area contributed by atoms with Gasteiger partial charge in [0, 0.05) is 13.1 Å². The van der Waals surface area contributed by atoms with E-state index in [1.165, 1.54) is 0 Å². The molecule has 2 aromatic heterocycles. The van der Waals surface area contributed by atoms with Crippen LogP contribution in [0.3, 0.4) is 0 Å². The van der Waals surface area contributed by atoms with Crippen LogP contribution in [0.2, 0.25) is 0 Å². The van der Waals surface area contributed by atoms with E-state index in [0.29, 0.717) is 18.7 Å². The van der Waals surface area contributed by atoms with Gasteiger partial charge in [0.05, 0.1) is 41.6 Å². The highest BCUT2D eigenvalue weighted by Crippen LogP contribution is 2.23. The molecule has 7 nitrogen and oxygen atoms in total. The molecule has 0 N–H and O–H groups in total. The molecule has 7 heteroatoms. The van der Waals surface area contributed by atoms with E-state index in [9.17, 15) is 4.79 Å². The number of hydrogen-bond acceptors (Lipinski definition) is 4. The lowest BCUT2D eigenvalue weighted by atomic mass is 10.0. The summed E-state index contributed by atoms with van der Waals surface area (Å²) in [5.41, 5.74) is 2.49. The van der Waals surface area contributed by atoms with E-state index in [4.69, 9.17) is 0 Å². The molecule has 25 heavy (non-hydrogen) atoms. The van der Waals surface area contributed by atoms with Gasteiger partial charge in [0.1, 0.15) is 0 Å². The number of carbonyl (C=O) groups is 1. The van der Waals surface area contributed by atoms with Gasteiger partial charge in [0.15, 0.2) is 0 Å². The average molecular weight is 336 g/mol. The van der Waals surface area contributed by atoms with Crippen molar-refractivity contribution in [3.8, 4) is 5.69 Å². The monoisotopic (exact) mass is 336 g/mol. The lowest BCUT2D eigenvalue weighted by Crippen LogP contribution is -2.39. The molecular weight excluding hydrogens is 316 g/mol. The zero-order valence-corrected chi connectivity index (χ0v) is 14.1. The highest BCUT2D eigenvalue weighted by atomic mass is 16.2. The third-order valence-corrected chi connectivity index (χ3v) is 4.76. The summed E-state index contributed by atoms with van der Waals surface area (Å²) in [4.78, 5) is 16.5. The van der Waals surface area contributed by atoms with Crippen LogP contribution in [0.15, 0.2) is 48.9 Å². The van der Waals surface area contributed by atoms with Crippen LogP contribution in [0.1, 0.15) is 34.9 Å². The zero-order valence-electron chi connectivity index (χ0n) is 14.1. The van der Waals surface area contributed by atoms with E-state index in [2.05, 4.69) is 15.3 Å². The highest BCUT2D eigenvalue weighted by molar-refractivity contribution is 5.95. The van der Waals surface area contributed by atoms with E-state index < -0.39 is 0 Å². The molecule has 128 valence electrons. The normalized spacial score (nSPS) is 15.5. The van der Waals surface area contributed by atoms with Crippen molar-refractivity contribution in [1.82, 2.24) is 29.7 Å². The molecule has 0 radical (unpaired) electrons. The number of rotatable bonds is 3. The summed E-state index contributed by atoms with van der Waals surface area (Å²) in [6.45, 7) is 3.36. The maximum absolute atomic E-state index is 12.9. The molecule has 1 aromatic carbocycles. The van der Waals surface area contributed by atoms with Crippen LogP contribution in [-0.2, 0) is 0 Å². The Bertz CT molecular complexity index is 847. The molecule has 3 heterocycles. The fourth-order valence-corrected chi connectivity index (χ4v) is 3.33. The summed E-state index contributed by atoms with van der Waals surface area (Å²) >= 11 is 0. The summed E-state index contributed by atoms with van der Waals surface area (Å²) in [7, 11) is 0. The van der Waals surface area contributed by atoms with E-state index >= 15 is 0 Å². The largest absolute Gasteiger partial charge is 0.338 e. The van der Waals surface area contributed by atoms with Crippen molar-refractivity contribution in [3.63, 3.8) is 0 Å². The number of carbonyl (C=O) groups excluding carboxylic acids is 1. The number of benzene rings is 1. The van der Waals surface area contributed by atoms with E-state index in [1.807, 2.05) is 46.8 Å². The van der Waals surface area contributed by atoms with Crippen LogP contribution in [0.4, 0.5) is 0 Å². The summed E-state index contributed by atoms with van der Waals surface area (Å²) in [6.07, 6.45) is 6.79. The van der Waals surface area contributed by atoms with Crippen LogP contribution in [-0.4, -0.2) is 48.7 Å². The van der Waals surface area contributed by atoms with Crippen molar-refractivity contribution in [2.75, 3.05) is 13.1 Å². The molecular formula is C18H20N6O. The number of para-hydroxylation sites is 1. The quantitative estimate of drug-likeness (QED) is 0.736. The lowest BCUT2D eigenvalue weighted by Gasteiger charge is -2.31. The molecule has 0 unspecified atom stereocenters. The standard InChI is InChI=1S/C18H20N6O/c1-14-17(13-21-23(14)15-5-3-2-4-6-15)18(25)22-11-7-16(8-12-22)24-19-9-10-20-24/h2-6,9-10,13,16H,7-8,11-12H2,1H3. The molecule has 1 amide bonds. The first-order chi connectivity index (χ1) is 12.2. The number of piperidine rings is 1. The lowest BCUT2D eigenvalue weighted by molar-refractivity contribution is 0.0683. The van der Waals surface area contributed by atoms with Gasteiger partial charge in [-0.15, -0.1) is 0 Å². The first-order valence-corrected chi connectivity index (χ1v) is 8.49. The van der Waals surface area contributed by atoms with Gasteiger partial charge in [-0.2, -0.15) is 20.1 Å². The predicted octanol–water partition coefficient (Wildman–Crippen LogP) is 2.25. The van der Waals surface area contributed by atoms with Crippen molar-refractivity contribution < 1.29 is 4.79 Å². The minimum Gasteiger partial charge on any atom is -0.338 e. The van der Waals surface area contributed by atoms with Gasteiger partial charge in [-0.3, -0.25) is 4.79 Å². The Hall–Kier alpha value is -2.96. The number of likely N-dealkylation sites (tertiary alicyclic amines) is 1. The maximum atomic E-state index is 12.9. The smallest absolute Gasteiger partial charge is 0.257 e. The van der Waals surface area contributed by atoms with Gasteiger partial charge >= 0.3 is 0 Å². The van der Waals surface area contributed by atoms with Gasteiger partial charge < -0.3 is 4.90 Å². The number of aromatic nitrogens is 5. The minimum atomic E-state index is 0.0477. The fourth-order valence-electron chi connectivity index (χ4n) is 3.33. The summed E-state index contributed by atoms with van der Waals surface area (Å²) in [6, 6.07) is 10.1. The third kappa shape index (κ3) is 2.93. The summed E-state index contributed by atoms with van der Waals surface area (Å²) in [5.74, 6) is 0.0477. The maximum Gasteiger partial charge on any atom is 0.257 e. The summed E-state index contributed by atoms with van der Waals surface area (Å²) in [5, 5.41) is 12.8. The molecule has 0 atom stereocenters.